The largest absolute Gasteiger partial charge is 0.497 e. The zero-order valence-electron chi connectivity index (χ0n) is 8.72. The summed E-state index contributed by atoms with van der Waals surface area (Å²) in [6.07, 6.45) is 0. The molecule has 2 radical (unpaired) electrons. The molecule has 0 aliphatic rings. The third-order valence-electron chi connectivity index (χ3n) is 1.61. The summed E-state index contributed by atoms with van der Waals surface area (Å²) in [5.41, 5.74) is 0. The number of hydrogen-bond donors (Lipinski definition) is 0. The van der Waals surface area contributed by atoms with Gasteiger partial charge in [0.15, 0.2) is 0 Å². The van der Waals surface area contributed by atoms with Crippen LogP contribution in [0, 0.1) is 0 Å². The Morgan fingerprint density at radius 1 is 1.08 bits per heavy atom. The van der Waals surface area contributed by atoms with E-state index in [0.29, 0.717) is 5.04 Å². The van der Waals surface area contributed by atoms with Crippen LogP contribution in [0.1, 0.15) is 20.8 Å². The molecule has 0 aliphatic carbocycles. The van der Waals surface area contributed by atoms with Gasteiger partial charge >= 0.3 is 0 Å². The van der Waals surface area contributed by atoms with Crippen molar-refractivity contribution in [3.8, 4) is 5.75 Å². The topological polar surface area (TPSA) is 9.23 Å². The molecule has 0 saturated carbocycles. The van der Waals surface area contributed by atoms with Crippen LogP contribution in [0.15, 0.2) is 24.3 Å². The molecule has 0 heterocycles. The molecule has 0 aliphatic heterocycles. The highest BCUT2D eigenvalue weighted by Crippen LogP contribution is 2.19. The monoisotopic (exact) mass is 192 g/mol. The third-order valence-corrected chi connectivity index (χ3v) is 2.98. The summed E-state index contributed by atoms with van der Waals surface area (Å²) < 4.78 is 5.10. The lowest BCUT2D eigenvalue weighted by Gasteiger charge is -2.16. The molecule has 0 amide bonds. The normalized spacial score (nSPS) is 11.4. The second-order valence-electron chi connectivity index (χ2n) is 4.10. The van der Waals surface area contributed by atoms with Gasteiger partial charge in [-0.05, 0) is 17.2 Å². The Balaban J connectivity index is 2.70. The van der Waals surface area contributed by atoms with E-state index in [4.69, 9.17) is 4.74 Å². The molecule has 0 bridgehead atoms. The predicted molar refractivity (Wildman–Crippen MR) is 58.1 cm³/mol. The lowest BCUT2D eigenvalue weighted by atomic mass is 10.2. The van der Waals surface area contributed by atoms with Crippen molar-refractivity contribution in [3.05, 3.63) is 24.3 Å². The number of rotatable bonds is 2. The Morgan fingerprint density at radius 2 is 1.62 bits per heavy atom. The SMILES string of the molecule is COc1ccc([Si]C(C)(C)C)cc1. The smallest absolute Gasteiger partial charge is 0.118 e. The predicted octanol–water partition coefficient (Wildman–Crippen LogP) is 2.24. The highest BCUT2D eigenvalue weighted by atomic mass is 28.2. The maximum atomic E-state index is 5.10. The van der Waals surface area contributed by atoms with Crippen molar-refractivity contribution in [1.82, 2.24) is 0 Å². The molecule has 0 fully saturated rings. The average Bonchev–Trinajstić information content (AvgIpc) is 2.03. The quantitative estimate of drug-likeness (QED) is 0.653. The maximum absolute atomic E-state index is 5.10. The van der Waals surface area contributed by atoms with Crippen molar-refractivity contribution in [2.45, 2.75) is 25.8 Å². The standard InChI is InChI=1S/C11H16OSi/c1-11(2,3)13-10-7-5-9(12-4)6-8-10/h5-8H,1-4H3. The summed E-state index contributed by atoms with van der Waals surface area (Å²) >= 11 is 0. The Labute approximate surface area is 82.9 Å². The van der Waals surface area contributed by atoms with Crippen molar-refractivity contribution in [2.24, 2.45) is 0 Å². The van der Waals surface area contributed by atoms with Crippen LogP contribution in [-0.4, -0.2) is 16.6 Å². The number of hydrogen-bond acceptors (Lipinski definition) is 1. The molecule has 0 atom stereocenters. The summed E-state index contributed by atoms with van der Waals surface area (Å²) in [5.74, 6) is 0.933. The first-order valence-corrected chi connectivity index (χ1v) is 5.43. The molecule has 13 heavy (non-hydrogen) atoms. The Hall–Kier alpha value is -0.763. The van der Waals surface area contributed by atoms with E-state index in [-0.39, 0.29) is 0 Å². The molecule has 0 aromatic heterocycles. The van der Waals surface area contributed by atoms with E-state index in [1.54, 1.807) is 7.11 Å². The molecule has 1 rings (SSSR count). The summed E-state index contributed by atoms with van der Waals surface area (Å²) in [7, 11) is 2.55. The fraction of sp³-hybridized carbons (Fsp3) is 0.455. The average molecular weight is 192 g/mol. The first-order valence-electron chi connectivity index (χ1n) is 4.43. The van der Waals surface area contributed by atoms with Crippen LogP contribution in [0.4, 0.5) is 0 Å². The van der Waals surface area contributed by atoms with Crippen LogP contribution in [0.25, 0.3) is 0 Å². The molecule has 2 heteroatoms. The van der Waals surface area contributed by atoms with Crippen molar-refractivity contribution in [3.63, 3.8) is 0 Å². The van der Waals surface area contributed by atoms with Crippen LogP contribution >= 0.6 is 0 Å². The van der Waals surface area contributed by atoms with E-state index < -0.39 is 0 Å². The van der Waals surface area contributed by atoms with Crippen molar-refractivity contribution < 1.29 is 4.74 Å². The molecule has 70 valence electrons. The Bertz CT molecular complexity index is 258. The third kappa shape index (κ3) is 3.64. The van der Waals surface area contributed by atoms with Gasteiger partial charge in [-0.2, -0.15) is 0 Å². The van der Waals surface area contributed by atoms with Gasteiger partial charge in [-0.15, -0.1) is 0 Å². The van der Waals surface area contributed by atoms with Crippen LogP contribution in [0.5, 0.6) is 5.75 Å². The van der Waals surface area contributed by atoms with Crippen molar-refractivity contribution in [1.29, 1.82) is 0 Å². The van der Waals surface area contributed by atoms with E-state index in [2.05, 4.69) is 32.9 Å². The molecular formula is C11H16OSi. The molecule has 1 nitrogen and oxygen atoms in total. The van der Waals surface area contributed by atoms with E-state index in [0.717, 1.165) is 15.3 Å². The van der Waals surface area contributed by atoms with Gasteiger partial charge in [0.25, 0.3) is 0 Å². The van der Waals surface area contributed by atoms with Crippen molar-refractivity contribution in [2.75, 3.05) is 7.11 Å². The first kappa shape index (κ1) is 10.3. The van der Waals surface area contributed by atoms with E-state index in [1.807, 2.05) is 12.1 Å². The molecule has 0 N–H and O–H groups in total. The van der Waals surface area contributed by atoms with Gasteiger partial charge in [0.05, 0.1) is 16.6 Å². The van der Waals surface area contributed by atoms with Gasteiger partial charge in [0, 0.05) is 0 Å². The van der Waals surface area contributed by atoms with Gasteiger partial charge in [-0.3, -0.25) is 0 Å². The molecular weight excluding hydrogens is 176 g/mol. The fourth-order valence-electron chi connectivity index (χ4n) is 1.11. The highest BCUT2D eigenvalue weighted by molar-refractivity contribution is 6.56. The van der Waals surface area contributed by atoms with Crippen LogP contribution in [0.2, 0.25) is 5.04 Å². The fourth-order valence-corrected chi connectivity index (χ4v) is 2.31. The van der Waals surface area contributed by atoms with Crippen molar-refractivity contribution >= 4 is 14.7 Å². The number of benzene rings is 1. The zero-order valence-corrected chi connectivity index (χ0v) is 9.72. The minimum Gasteiger partial charge on any atom is -0.497 e. The lowest BCUT2D eigenvalue weighted by Crippen LogP contribution is -2.22. The second kappa shape index (κ2) is 3.96. The zero-order chi connectivity index (χ0) is 9.90. The summed E-state index contributed by atoms with van der Waals surface area (Å²) in [4.78, 5) is 0. The molecule has 1 aromatic rings. The number of ether oxygens (including phenoxy) is 1. The second-order valence-corrected chi connectivity index (χ2v) is 6.43. The van der Waals surface area contributed by atoms with Gasteiger partial charge < -0.3 is 4.74 Å². The van der Waals surface area contributed by atoms with Crippen LogP contribution in [0.3, 0.4) is 0 Å². The summed E-state index contributed by atoms with van der Waals surface area (Å²) in [5, 5.41) is 1.78. The summed E-state index contributed by atoms with van der Waals surface area (Å²) in [6.45, 7) is 6.78. The van der Waals surface area contributed by atoms with Crippen LogP contribution < -0.4 is 9.92 Å². The minimum atomic E-state index is 0.384. The lowest BCUT2D eigenvalue weighted by molar-refractivity contribution is 0.415. The van der Waals surface area contributed by atoms with Crippen LogP contribution in [-0.2, 0) is 0 Å². The van der Waals surface area contributed by atoms with E-state index >= 15 is 0 Å². The summed E-state index contributed by atoms with van der Waals surface area (Å²) in [6, 6.07) is 8.33. The van der Waals surface area contributed by atoms with Gasteiger partial charge in [-0.25, -0.2) is 0 Å². The first-order chi connectivity index (χ1) is 6.01. The molecule has 0 spiro atoms. The van der Waals surface area contributed by atoms with Gasteiger partial charge in [-0.1, -0.05) is 38.1 Å². The number of methoxy groups -OCH3 is 1. The highest BCUT2D eigenvalue weighted by Gasteiger charge is 2.12. The van der Waals surface area contributed by atoms with Gasteiger partial charge in [0.1, 0.15) is 5.75 Å². The minimum absolute atomic E-state index is 0.384. The molecule has 0 unspecified atom stereocenters. The Kier molecular flexibility index (Phi) is 3.15. The van der Waals surface area contributed by atoms with E-state index in [9.17, 15) is 0 Å². The molecule has 0 saturated heterocycles. The molecule has 1 aromatic carbocycles. The van der Waals surface area contributed by atoms with Gasteiger partial charge in [0.2, 0.25) is 0 Å². The van der Waals surface area contributed by atoms with E-state index in [1.165, 1.54) is 5.19 Å². The Morgan fingerprint density at radius 3 is 2.00 bits per heavy atom. The maximum Gasteiger partial charge on any atom is 0.118 e.